The number of rotatable bonds is 9. The van der Waals surface area contributed by atoms with Gasteiger partial charge in [0.05, 0.1) is 35.7 Å². The molecule has 0 saturated heterocycles. The number of aromatic nitrogens is 4. The van der Waals surface area contributed by atoms with E-state index in [2.05, 4.69) is 21.0 Å². The molecular weight excluding hydrogens is 460 g/mol. The maximum absolute atomic E-state index is 13.4. The average molecular weight is 485 g/mol. The Morgan fingerprint density at radius 3 is 2.64 bits per heavy atom. The van der Waals surface area contributed by atoms with E-state index < -0.39 is 5.97 Å². The van der Waals surface area contributed by atoms with Gasteiger partial charge in [-0.05, 0) is 55.5 Å². The second kappa shape index (κ2) is 11.1. The number of hydrogen-bond acceptors (Lipinski definition) is 8. The van der Waals surface area contributed by atoms with Crippen molar-refractivity contribution in [2.75, 3.05) is 18.1 Å². The first kappa shape index (κ1) is 24.3. The Labute approximate surface area is 207 Å². The molecule has 0 unspecified atom stereocenters. The van der Waals surface area contributed by atoms with Gasteiger partial charge in [0.1, 0.15) is 30.3 Å². The van der Waals surface area contributed by atoms with Crippen molar-refractivity contribution in [2.24, 2.45) is 7.05 Å². The lowest BCUT2D eigenvalue weighted by Crippen LogP contribution is -2.34. The molecule has 36 heavy (non-hydrogen) atoms. The van der Waals surface area contributed by atoms with Crippen LogP contribution in [-0.4, -0.2) is 44.5 Å². The van der Waals surface area contributed by atoms with E-state index in [9.17, 15) is 9.59 Å². The number of nitriles is 1. The molecule has 182 valence electrons. The minimum Gasteiger partial charge on any atom is -0.486 e. The molecule has 10 nitrogen and oxygen atoms in total. The van der Waals surface area contributed by atoms with E-state index >= 15 is 0 Å². The van der Waals surface area contributed by atoms with Gasteiger partial charge in [-0.25, -0.2) is 15.0 Å². The summed E-state index contributed by atoms with van der Waals surface area (Å²) in [6, 6.07) is 15.8. The summed E-state index contributed by atoms with van der Waals surface area (Å²) in [7, 11) is 1.88. The van der Waals surface area contributed by atoms with Crippen molar-refractivity contribution in [1.82, 2.24) is 19.5 Å². The number of amides is 1. The van der Waals surface area contributed by atoms with Crippen LogP contribution in [0, 0.1) is 11.3 Å². The third-order valence-corrected chi connectivity index (χ3v) is 5.50. The van der Waals surface area contributed by atoms with Crippen molar-refractivity contribution in [3.8, 4) is 11.8 Å². The largest absolute Gasteiger partial charge is 0.486 e. The van der Waals surface area contributed by atoms with Crippen molar-refractivity contribution < 1.29 is 19.1 Å². The molecule has 0 spiro atoms. The van der Waals surface area contributed by atoms with E-state index in [0.717, 1.165) is 5.52 Å². The Morgan fingerprint density at radius 1 is 1.14 bits per heavy atom. The summed E-state index contributed by atoms with van der Waals surface area (Å²) >= 11 is 0. The van der Waals surface area contributed by atoms with Crippen LogP contribution in [0.25, 0.3) is 11.0 Å². The van der Waals surface area contributed by atoms with E-state index in [1.54, 1.807) is 49.4 Å². The molecule has 0 aliphatic rings. The molecule has 0 saturated carbocycles. The van der Waals surface area contributed by atoms with Crippen LogP contribution in [0.3, 0.4) is 0 Å². The van der Waals surface area contributed by atoms with Crippen LogP contribution in [0.4, 0.5) is 5.82 Å². The topological polar surface area (TPSA) is 123 Å². The molecule has 0 N–H and O–H groups in total. The first-order chi connectivity index (χ1) is 17.5. The summed E-state index contributed by atoms with van der Waals surface area (Å²) in [4.78, 5) is 39.5. The Balaban J connectivity index is 1.55. The molecule has 0 aliphatic carbocycles. The predicted octanol–water partition coefficient (Wildman–Crippen LogP) is 3.41. The highest BCUT2D eigenvalue weighted by atomic mass is 16.5. The summed E-state index contributed by atoms with van der Waals surface area (Å²) in [5.74, 6) is 0.974. The number of carbonyl (C=O) groups excluding carboxylic acids is 2. The zero-order valence-electron chi connectivity index (χ0n) is 19.9. The number of hydrogen-bond donors (Lipinski definition) is 0. The molecule has 4 aromatic rings. The van der Waals surface area contributed by atoms with Gasteiger partial charge < -0.3 is 14.0 Å². The van der Waals surface area contributed by atoms with Gasteiger partial charge in [-0.1, -0.05) is 0 Å². The zero-order valence-corrected chi connectivity index (χ0v) is 19.9. The van der Waals surface area contributed by atoms with Crippen molar-refractivity contribution in [3.63, 3.8) is 0 Å². The standard InChI is InChI=1S/C26H24N6O4/c1-3-35-25(33)11-13-32(23-10-12-28-17-29-23)26(34)19-6-9-22-21(14-19)30-24(31(22)2)16-36-20-7-4-18(15-27)5-8-20/h4-10,12,14,17H,3,11,13,16H2,1-2H3. The fraction of sp³-hybridized carbons (Fsp3) is 0.231. The number of aryl methyl sites for hydroxylation is 1. The molecule has 0 fully saturated rings. The van der Waals surface area contributed by atoms with Gasteiger partial charge in [-0.15, -0.1) is 0 Å². The van der Waals surface area contributed by atoms with Crippen LogP contribution in [0.2, 0.25) is 0 Å². The Hall–Kier alpha value is -4.78. The Bertz CT molecular complexity index is 1410. The lowest BCUT2D eigenvalue weighted by molar-refractivity contribution is -0.142. The predicted molar refractivity (Wildman–Crippen MR) is 131 cm³/mol. The van der Waals surface area contributed by atoms with Crippen LogP contribution >= 0.6 is 0 Å². The number of imidazole rings is 1. The molecule has 2 aromatic heterocycles. The van der Waals surface area contributed by atoms with Gasteiger partial charge in [0.2, 0.25) is 0 Å². The normalized spacial score (nSPS) is 10.6. The molecule has 0 radical (unpaired) electrons. The SMILES string of the molecule is CCOC(=O)CCN(C(=O)c1ccc2c(c1)nc(COc1ccc(C#N)cc1)n2C)c1ccncn1. The fourth-order valence-corrected chi connectivity index (χ4v) is 3.64. The molecule has 1 amide bonds. The average Bonchev–Trinajstić information content (AvgIpc) is 3.23. The van der Waals surface area contributed by atoms with Gasteiger partial charge >= 0.3 is 5.97 Å². The van der Waals surface area contributed by atoms with E-state index in [1.165, 1.54) is 17.4 Å². The lowest BCUT2D eigenvalue weighted by atomic mass is 10.1. The molecule has 10 heteroatoms. The van der Waals surface area contributed by atoms with Crippen LogP contribution < -0.4 is 9.64 Å². The van der Waals surface area contributed by atoms with Crippen molar-refractivity contribution >= 4 is 28.7 Å². The highest BCUT2D eigenvalue weighted by Gasteiger charge is 2.21. The number of carbonyl (C=O) groups is 2. The molecule has 0 bridgehead atoms. The van der Waals surface area contributed by atoms with E-state index in [1.807, 2.05) is 17.7 Å². The van der Waals surface area contributed by atoms with E-state index in [4.69, 9.17) is 14.7 Å². The van der Waals surface area contributed by atoms with Gasteiger partial charge in [0.15, 0.2) is 0 Å². The summed E-state index contributed by atoms with van der Waals surface area (Å²) in [6.07, 6.45) is 2.92. The van der Waals surface area contributed by atoms with Crippen LogP contribution in [0.5, 0.6) is 5.75 Å². The van der Waals surface area contributed by atoms with Crippen LogP contribution in [0.15, 0.2) is 61.1 Å². The second-order valence-electron chi connectivity index (χ2n) is 7.79. The molecule has 4 rings (SSSR count). The Kier molecular flexibility index (Phi) is 7.51. The van der Waals surface area contributed by atoms with E-state index in [0.29, 0.717) is 34.0 Å². The molecular formula is C26H24N6O4. The van der Waals surface area contributed by atoms with Crippen molar-refractivity contribution in [1.29, 1.82) is 5.26 Å². The summed E-state index contributed by atoms with van der Waals surface area (Å²) in [5, 5.41) is 8.93. The van der Waals surface area contributed by atoms with Crippen LogP contribution in [0.1, 0.15) is 35.1 Å². The molecule has 0 atom stereocenters. The summed E-state index contributed by atoms with van der Waals surface area (Å²) in [6.45, 7) is 2.33. The molecule has 0 aliphatic heterocycles. The molecule has 2 heterocycles. The number of anilines is 1. The van der Waals surface area contributed by atoms with Crippen molar-refractivity contribution in [3.05, 3.63) is 78.0 Å². The van der Waals surface area contributed by atoms with E-state index in [-0.39, 0.29) is 32.1 Å². The quantitative estimate of drug-likeness (QED) is 0.331. The monoisotopic (exact) mass is 484 g/mol. The number of fused-ring (bicyclic) bond motifs is 1. The summed E-state index contributed by atoms with van der Waals surface area (Å²) in [5.41, 5.74) is 2.43. The van der Waals surface area contributed by atoms with Gasteiger partial charge in [0, 0.05) is 25.4 Å². The maximum Gasteiger partial charge on any atom is 0.307 e. The van der Waals surface area contributed by atoms with Gasteiger partial charge in [-0.2, -0.15) is 5.26 Å². The zero-order chi connectivity index (χ0) is 25.5. The van der Waals surface area contributed by atoms with Gasteiger partial charge in [0.25, 0.3) is 5.91 Å². The third kappa shape index (κ3) is 5.47. The highest BCUT2D eigenvalue weighted by Crippen LogP contribution is 2.21. The number of ether oxygens (including phenoxy) is 2. The fourth-order valence-electron chi connectivity index (χ4n) is 3.64. The van der Waals surface area contributed by atoms with Gasteiger partial charge in [-0.3, -0.25) is 14.5 Å². The summed E-state index contributed by atoms with van der Waals surface area (Å²) < 4.78 is 12.7. The first-order valence-corrected chi connectivity index (χ1v) is 11.3. The highest BCUT2D eigenvalue weighted by molar-refractivity contribution is 6.07. The lowest BCUT2D eigenvalue weighted by Gasteiger charge is -2.21. The van der Waals surface area contributed by atoms with Crippen LogP contribution in [-0.2, 0) is 23.2 Å². The number of nitrogens with zero attached hydrogens (tertiary/aromatic N) is 6. The maximum atomic E-state index is 13.4. The smallest absolute Gasteiger partial charge is 0.307 e. The number of esters is 1. The van der Waals surface area contributed by atoms with Crippen molar-refractivity contribution in [2.45, 2.75) is 20.0 Å². The first-order valence-electron chi connectivity index (χ1n) is 11.3. The third-order valence-electron chi connectivity index (χ3n) is 5.50. The molecule has 2 aromatic carbocycles. The Morgan fingerprint density at radius 2 is 1.94 bits per heavy atom. The minimum atomic E-state index is -0.392. The second-order valence-corrected chi connectivity index (χ2v) is 7.79. The number of benzene rings is 2. The minimum absolute atomic E-state index is 0.0340.